The highest BCUT2D eigenvalue weighted by molar-refractivity contribution is 6.31. The molecule has 1 unspecified atom stereocenters. The van der Waals surface area contributed by atoms with Crippen molar-refractivity contribution in [2.45, 2.75) is 18.9 Å². The van der Waals surface area contributed by atoms with Gasteiger partial charge in [-0.25, -0.2) is 0 Å². The van der Waals surface area contributed by atoms with Crippen molar-refractivity contribution in [3.63, 3.8) is 0 Å². The summed E-state index contributed by atoms with van der Waals surface area (Å²) in [5.41, 5.74) is -1.18. The monoisotopic (exact) mass is 466 g/mol. The molecule has 0 heterocycles. The van der Waals surface area contributed by atoms with Crippen LogP contribution in [-0.4, -0.2) is 34.2 Å². The van der Waals surface area contributed by atoms with Crippen molar-refractivity contribution < 1.29 is 19.4 Å². The predicted octanol–water partition coefficient (Wildman–Crippen LogP) is 3.75. The molecular weight excluding hydrogens is 451 g/mol. The number of nitro benzene ring substituents is 2. The van der Waals surface area contributed by atoms with Gasteiger partial charge in [-0.05, 0) is 43.0 Å². The van der Waals surface area contributed by atoms with Crippen LogP contribution in [0.1, 0.15) is 33.6 Å². The Kier molecular flexibility index (Phi) is 6.71. The van der Waals surface area contributed by atoms with E-state index < -0.39 is 39.1 Å². The molecule has 0 bridgehead atoms. The first-order valence-electron chi connectivity index (χ1n) is 9.14. The summed E-state index contributed by atoms with van der Waals surface area (Å²) in [6.07, 6.45) is 1.62. The number of nitrogens with one attached hydrogen (secondary N) is 2. The molecule has 2 N–H and O–H groups in total. The van der Waals surface area contributed by atoms with Crippen molar-refractivity contribution in [2.24, 2.45) is 5.92 Å². The van der Waals surface area contributed by atoms with Gasteiger partial charge >= 0.3 is 0 Å². The summed E-state index contributed by atoms with van der Waals surface area (Å²) in [5.74, 6) is -1.29. The van der Waals surface area contributed by atoms with Crippen molar-refractivity contribution in [3.05, 3.63) is 77.8 Å². The van der Waals surface area contributed by atoms with E-state index in [1.807, 2.05) is 0 Å². The van der Waals surface area contributed by atoms with E-state index in [4.69, 9.17) is 23.2 Å². The molecule has 0 aromatic heterocycles. The molecule has 2 aromatic rings. The lowest BCUT2D eigenvalue weighted by molar-refractivity contribution is -0.385. The van der Waals surface area contributed by atoms with Crippen LogP contribution in [0.5, 0.6) is 0 Å². The second-order valence-corrected chi connectivity index (χ2v) is 7.84. The van der Waals surface area contributed by atoms with Gasteiger partial charge in [-0.3, -0.25) is 29.8 Å². The van der Waals surface area contributed by atoms with Gasteiger partial charge in [-0.15, -0.1) is 0 Å². The summed E-state index contributed by atoms with van der Waals surface area (Å²) in [6, 6.07) is 6.91. The number of carbonyl (C=O) groups excluding carboxylic acids is 2. The van der Waals surface area contributed by atoms with Crippen LogP contribution >= 0.6 is 23.2 Å². The van der Waals surface area contributed by atoms with Gasteiger partial charge in [0.1, 0.15) is 11.1 Å². The van der Waals surface area contributed by atoms with E-state index in [0.717, 1.165) is 25.0 Å². The molecule has 3 rings (SSSR count). The molecule has 1 atom stereocenters. The summed E-state index contributed by atoms with van der Waals surface area (Å²) in [7, 11) is 0. The zero-order valence-electron chi connectivity index (χ0n) is 15.8. The lowest BCUT2D eigenvalue weighted by Gasteiger charge is -2.19. The highest BCUT2D eigenvalue weighted by Crippen LogP contribution is 2.33. The SMILES string of the molecule is O=C(NCC(NC(=O)c1ccc(Cl)cc1[N+](=O)[O-])C1CC1)c1ccc(Cl)cc1[N+](=O)[O-]. The smallest absolute Gasteiger partial charge is 0.283 e. The number of nitro groups is 2. The number of amides is 2. The van der Waals surface area contributed by atoms with E-state index in [0.29, 0.717) is 0 Å². The van der Waals surface area contributed by atoms with Crippen molar-refractivity contribution in [2.75, 3.05) is 6.54 Å². The number of halogens is 2. The van der Waals surface area contributed by atoms with Crippen LogP contribution in [0.3, 0.4) is 0 Å². The van der Waals surface area contributed by atoms with Gasteiger partial charge < -0.3 is 10.6 Å². The van der Waals surface area contributed by atoms with Crippen LogP contribution in [0.2, 0.25) is 10.0 Å². The Hall–Kier alpha value is -3.24. The molecule has 1 fully saturated rings. The van der Waals surface area contributed by atoms with Crippen molar-refractivity contribution in [1.82, 2.24) is 10.6 Å². The standard InChI is InChI=1S/C19H16Cl2N4O6/c20-11-3-5-13(16(7-11)24(28)29)18(26)22-9-15(10-1-2-10)23-19(27)14-6-4-12(21)8-17(14)25(30)31/h3-8,10,15H,1-2,9H2,(H,22,26)(H,23,27). The Morgan fingerprint density at radius 1 is 0.935 bits per heavy atom. The third-order valence-corrected chi connectivity index (χ3v) is 5.26. The fourth-order valence-corrected chi connectivity index (χ4v) is 3.41. The van der Waals surface area contributed by atoms with Crippen LogP contribution in [0.25, 0.3) is 0 Å². The zero-order valence-corrected chi connectivity index (χ0v) is 17.4. The van der Waals surface area contributed by atoms with Crippen molar-refractivity contribution in [1.29, 1.82) is 0 Å². The Morgan fingerprint density at radius 2 is 1.42 bits per heavy atom. The summed E-state index contributed by atoms with van der Waals surface area (Å²) in [6.45, 7) is -0.00356. The number of rotatable bonds is 8. The topological polar surface area (TPSA) is 144 Å². The molecule has 1 saturated carbocycles. The van der Waals surface area contributed by atoms with E-state index in [2.05, 4.69) is 10.6 Å². The number of carbonyl (C=O) groups is 2. The second kappa shape index (κ2) is 9.27. The summed E-state index contributed by atoms with van der Waals surface area (Å²) >= 11 is 11.5. The van der Waals surface area contributed by atoms with E-state index in [9.17, 15) is 29.8 Å². The molecule has 2 amide bonds. The van der Waals surface area contributed by atoms with E-state index in [-0.39, 0.29) is 33.6 Å². The van der Waals surface area contributed by atoms with Crippen LogP contribution in [0.15, 0.2) is 36.4 Å². The predicted molar refractivity (Wildman–Crippen MR) is 113 cm³/mol. The average molecular weight is 467 g/mol. The number of hydrogen-bond acceptors (Lipinski definition) is 6. The highest BCUT2D eigenvalue weighted by Gasteiger charge is 2.34. The Morgan fingerprint density at radius 3 is 1.87 bits per heavy atom. The maximum absolute atomic E-state index is 12.6. The molecule has 0 radical (unpaired) electrons. The van der Waals surface area contributed by atoms with Crippen LogP contribution in [-0.2, 0) is 0 Å². The fraction of sp³-hybridized carbons (Fsp3) is 0.263. The number of nitrogens with zero attached hydrogens (tertiary/aromatic N) is 2. The largest absolute Gasteiger partial charge is 0.350 e. The normalized spacial score (nSPS) is 13.9. The van der Waals surface area contributed by atoms with Gasteiger partial charge in [0.05, 0.1) is 9.85 Å². The number of benzene rings is 2. The molecule has 1 aliphatic rings. The third-order valence-electron chi connectivity index (χ3n) is 4.79. The van der Waals surface area contributed by atoms with Gasteiger partial charge in [0.25, 0.3) is 23.2 Å². The average Bonchev–Trinajstić information content (AvgIpc) is 3.55. The molecular formula is C19H16Cl2N4O6. The maximum atomic E-state index is 12.6. The van der Waals surface area contributed by atoms with E-state index >= 15 is 0 Å². The third kappa shape index (κ3) is 5.47. The quantitative estimate of drug-likeness (QED) is 0.447. The molecule has 0 saturated heterocycles. The summed E-state index contributed by atoms with van der Waals surface area (Å²) in [4.78, 5) is 46.2. The maximum Gasteiger partial charge on any atom is 0.283 e. The van der Waals surface area contributed by atoms with E-state index in [1.165, 1.54) is 24.3 Å². The fourth-order valence-electron chi connectivity index (χ4n) is 3.07. The first-order chi connectivity index (χ1) is 14.7. The van der Waals surface area contributed by atoms with Gasteiger partial charge in [-0.1, -0.05) is 23.2 Å². The minimum absolute atomic E-state index is 0.00356. The van der Waals surface area contributed by atoms with Gasteiger partial charge in [0, 0.05) is 34.8 Å². The van der Waals surface area contributed by atoms with Crippen molar-refractivity contribution in [3.8, 4) is 0 Å². The van der Waals surface area contributed by atoms with Gasteiger partial charge in [-0.2, -0.15) is 0 Å². The van der Waals surface area contributed by atoms with Gasteiger partial charge in [0.2, 0.25) is 0 Å². The van der Waals surface area contributed by atoms with E-state index in [1.54, 1.807) is 0 Å². The van der Waals surface area contributed by atoms with Gasteiger partial charge in [0.15, 0.2) is 0 Å². The Labute approximate surface area is 185 Å². The first kappa shape index (κ1) is 22.4. The van der Waals surface area contributed by atoms with Crippen LogP contribution in [0.4, 0.5) is 11.4 Å². The minimum atomic E-state index is -0.708. The van der Waals surface area contributed by atoms with Crippen LogP contribution < -0.4 is 10.6 Å². The second-order valence-electron chi connectivity index (χ2n) is 6.96. The lowest BCUT2D eigenvalue weighted by atomic mass is 10.1. The molecule has 2 aromatic carbocycles. The minimum Gasteiger partial charge on any atom is -0.350 e. The molecule has 31 heavy (non-hydrogen) atoms. The lowest BCUT2D eigenvalue weighted by Crippen LogP contribution is -2.45. The number of hydrogen-bond donors (Lipinski definition) is 2. The molecule has 12 heteroatoms. The molecule has 1 aliphatic carbocycles. The molecule has 10 nitrogen and oxygen atoms in total. The molecule has 0 spiro atoms. The highest BCUT2D eigenvalue weighted by atomic mass is 35.5. The summed E-state index contributed by atoms with van der Waals surface area (Å²) in [5, 5.41) is 28.0. The molecule has 0 aliphatic heterocycles. The summed E-state index contributed by atoms with van der Waals surface area (Å²) < 4.78 is 0. The van der Waals surface area contributed by atoms with Crippen LogP contribution in [0, 0.1) is 26.1 Å². The Balaban J connectivity index is 1.72. The molecule has 162 valence electrons. The van der Waals surface area contributed by atoms with Crippen molar-refractivity contribution >= 4 is 46.4 Å². The zero-order chi connectivity index (χ0) is 22.7. The Bertz CT molecular complexity index is 1070. The first-order valence-corrected chi connectivity index (χ1v) is 9.90.